The first-order chi connectivity index (χ1) is 11.7. The van der Waals surface area contributed by atoms with E-state index in [1.165, 1.54) is 0 Å². The second-order valence-electron chi connectivity index (χ2n) is 6.40. The van der Waals surface area contributed by atoms with Crippen molar-refractivity contribution >= 4 is 38.9 Å². The van der Waals surface area contributed by atoms with Crippen molar-refractivity contribution in [1.29, 1.82) is 0 Å². The van der Waals surface area contributed by atoms with Gasteiger partial charge in [-0.15, -0.1) is 0 Å². The summed E-state index contributed by atoms with van der Waals surface area (Å²) in [5.41, 5.74) is 2.62. The molecular weight excluding hydrogens is 360 g/mol. The fraction of sp³-hybridized carbons (Fsp3) is 0.412. The summed E-state index contributed by atoms with van der Waals surface area (Å²) in [6, 6.07) is 7.41. The number of nitrogens with one attached hydrogen (secondary N) is 1. The maximum atomic E-state index is 11.7. The monoisotopic (exact) mass is 380 g/mol. The van der Waals surface area contributed by atoms with Gasteiger partial charge in [0.2, 0.25) is 5.95 Å². The molecule has 0 amide bonds. The third kappa shape index (κ3) is 4.04. The van der Waals surface area contributed by atoms with Gasteiger partial charge in [-0.3, -0.25) is 0 Å². The Balaban J connectivity index is 1.87. The first-order valence-corrected chi connectivity index (χ1v) is 10.3. The summed E-state index contributed by atoms with van der Waals surface area (Å²) in [5.74, 6) is 1.54. The fourth-order valence-electron chi connectivity index (χ4n) is 2.90. The van der Waals surface area contributed by atoms with Crippen LogP contribution in [0.15, 0.2) is 24.3 Å². The van der Waals surface area contributed by atoms with Gasteiger partial charge in [-0.25, -0.2) is 13.4 Å². The normalized spacial score (nSPS) is 19.0. The molecule has 1 saturated heterocycles. The molecule has 6 nitrogen and oxygen atoms in total. The van der Waals surface area contributed by atoms with Gasteiger partial charge in [-0.2, -0.15) is 4.98 Å². The molecule has 1 aliphatic rings. The van der Waals surface area contributed by atoms with Crippen LogP contribution >= 0.6 is 11.6 Å². The molecule has 0 radical (unpaired) electrons. The summed E-state index contributed by atoms with van der Waals surface area (Å²) in [5, 5.41) is 3.96. The van der Waals surface area contributed by atoms with Gasteiger partial charge in [-0.05, 0) is 38.0 Å². The number of rotatable bonds is 4. The van der Waals surface area contributed by atoms with Crippen LogP contribution in [0.5, 0.6) is 0 Å². The highest BCUT2D eigenvalue weighted by Crippen LogP contribution is 2.27. The van der Waals surface area contributed by atoms with Crippen molar-refractivity contribution in [2.24, 2.45) is 0 Å². The van der Waals surface area contributed by atoms with Crippen molar-refractivity contribution in [3.63, 3.8) is 0 Å². The third-order valence-electron chi connectivity index (χ3n) is 4.44. The molecule has 1 aromatic carbocycles. The van der Waals surface area contributed by atoms with E-state index in [0.29, 0.717) is 23.2 Å². The Morgan fingerprint density at radius 3 is 2.72 bits per heavy atom. The Morgan fingerprint density at radius 1 is 1.28 bits per heavy atom. The maximum Gasteiger partial charge on any atom is 0.227 e. The number of hydrogen-bond acceptors (Lipinski definition) is 6. The molecule has 1 N–H and O–H groups in total. The summed E-state index contributed by atoms with van der Waals surface area (Å²) in [6.45, 7) is 3.83. The SMILES string of the molecule is Cc1cc(Nc2cccc(Cl)c2C)nc(N(C)C2CCS(=O)(=O)C2)n1. The fourth-order valence-corrected chi connectivity index (χ4v) is 4.85. The topological polar surface area (TPSA) is 75.2 Å². The van der Waals surface area contributed by atoms with Gasteiger partial charge >= 0.3 is 0 Å². The molecule has 0 aliphatic carbocycles. The van der Waals surface area contributed by atoms with Crippen LogP contribution in [0, 0.1) is 13.8 Å². The quantitative estimate of drug-likeness (QED) is 0.878. The summed E-state index contributed by atoms with van der Waals surface area (Å²) in [7, 11) is -1.11. The molecule has 1 unspecified atom stereocenters. The van der Waals surface area contributed by atoms with Crippen molar-refractivity contribution in [1.82, 2.24) is 9.97 Å². The lowest BCUT2D eigenvalue weighted by Gasteiger charge is -2.24. The van der Waals surface area contributed by atoms with Crippen LogP contribution < -0.4 is 10.2 Å². The van der Waals surface area contributed by atoms with E-state index < -0.39 is 9.84 Å². The van der Waals surface area contributed by atoms with Gasteiger partial charge in [0.25, 0.3) is 0 Å². The van der Waals surface area contributed by atoms with Crippen molar-refractivity contribution < 1.29 is 8.42 Å². The van der Waals surface area contributed by atoms with Crippen molar-refractivity contribution in [3.8, 4) is 0 Å². The van der Waals surface area contributed by atoms with Crippen LogP contribution in [0.1, 0.15) is 17.7 Å². The Labute approximate surface area is 153 Å². The average molecular weight is 381 g/mol. The van der Waals surface area contributed by atoms with Crippen LogP contribution in [0.25, 0.3) is 0 Å². The van der Waals surface area contributed by atoms with Gasteiger partial charge in [-0.1, -0.05) is 17.7 Å². The number of nitrogens with zero attached hydrogens (tertiary/aromatic N) is 3. The van der Waals surface area contributed by atoms with Crippen LogP contribution in [-0.4, -0.2) is 43.0 Å². The molecular formula is C17H21ClN4O2S. The highest BCUT2D eigenvalue weighted by atomic mass is 35.5. The first kappa shape index (κ1) is 17.9. The predicted octanol–water partition coefficient (Wildman–Crippen LogP) is 3.11. The lowest BCUT2D eigenvalue weighted by molar-refractivity contribution is 0.600. The zero-order valence-corrected chi connectivity index (χ0v) is 16.0. The molecule has 0 saturated carbocycles. The third-order valence-corrected chi connectivity index (χ3v) is 6.60. The minimum absolute atomic E-state index is 0.0902. The molecule has 3 rings (SSSR count). The van der Waals surface area contributed by atoms with E-state index >= 15 is 0 Å². The minimum Gasteiger partial charge on any atom is -0.340 e. The highest BCUT2D eigenvalue weighted by molar-refractivity contribution is 7.91. The lowest BCUT2D eigenvalue weighted by Crippen LogP contribution is -2.34. The number of anilines is 3. The molecule has 1 fully saturated rings. The number of aryl methyl sites for hydroxylation is 1. The van der Waals surface area contributed by atoms with E-state index in [4.69, 9.17) is 11.6 Å². The number of benzene rings is 1. The van der Waals surface area contributed by atoms with Gasteiger partial charge in [0.15, 0.2) is 9.84 Å². The second-order valence-corrected chi connectivity index (χ2v) is 9.04. The molecule has 134 valence electrons. The smallest absolute Gasteiger partial charge is 0.227 e. The van der Waals surface area contributed by atoms with E-state index in [9.17, 15) is 8.42 Å². The summed E-state index contributed by atoms with van der Waals surface area (Å²) in [4.78, 5) is 10.9. The van der Waals surface area contributed by atoms with Crippen LogP contribution in [0.2, 0.25) is 5.02 Å². The van der Waals surface area contributed by atoms with E-state index in [1.807, 2.05) is 50.1 Å². The van der Waals surface area contributed by atoms with E-state index in [1.54, 1.807) is 0 Å². The van der Waals surface area contributed by atoms with Crippen molar-refractivity contribution in [2.75, 3.05) is 28.8 Å². The van der Waals surface area contributed by atoms with Crippen LogP contribution in [-0.2, 0) is 9.84 Å². The molecule has 1 atom stereocenters. The predicted molar refractivity (Wildman–Crippen MR) is 102 cm³/mol. The van der Waals surface area contributed by atoms with Gasteiger partial charge in [0.1, 0.15) is 5.82 Å². The van der Waals surface area contributed by atoms with Crippen LogP contribution in [0.4, 0.5) is 17.5 Å². The molecule has 0 spiro atoms. The van der Waals surface area contributed by atoms with Crippen molar-refractivity contribution in [3.05, 3.63) is 40.5 Å². The molecule has 25 heavy (non-hydrogen) atoms. The number of hydrogen-bond donors (Lipinski definition) is 1. The van der Waals surface area contributed by atoms with Crippen molar-refractivity contribution in [2.45, 2.75) is 26.3 Å². The maximum absolute atomic E-state index is 11.7. The largest absolute Gasteiger partial charge is 0.340 e. The summed E-state index contributed by atoms with van der Waals surface area (Å²) in [6.07, 6.45) is 0.603. The zero-order chi connectivity index (χ0) is 18.2. The number of halogens is 1. The molecule has 2 heterocycles. The van der Waals surface area contributed by atoms with Gasteiger partial charge in [0, 0.05) is 35.6 Å². The molecule has 2 aromatic rings. The Kier molecular flexibility index (Phi) is 4.88. The van der Waals surface area contributed by atoms with Crippen LogP contribution in [0.3, 0.4) is 0 Å². The molecule has 0 bridgehead atoms. The lowest BCUT2D eigenvalue weighted by atomic mass is 10.2. The summed E-state index contributed by atoms with van der Waals surface area (Å²) < 4.78 is 23.5. The number of sulfone groups is 1. The molecule has 1 aliphatic heterocycles. The average Bonchev–Trinajstić information content (AvgIpc) is 2.90. The number of aromatic nitrogens is 2. The van der Waals surface area contributed by atoms with E-state index in [-0.39, 0.29) is 17.5 Å². The van der Waals surface area contributed by atoms with E-state index in [2.05, 4.69) is 15.3 Å². The van der Waals surface area contributed by atoms with E-state index in [0.717, 1.165) is 16.9 Å². The first-order valence-electron chi connectivity index (χ1n) is 8.06. The summed E-state index contributed by atoms with van der Waals surface area (Å²) >= 11 is 6.17. The minimum atomic E-state index is -2.96. The Hall–Kier alpha value is -1.86. The molecule has 1 aromatic heterocycles. The molecule has 8 heteroatoms. The highest BCUT2D eigenvalue weighted by Gasteiger charge is 2.31. The Bertz CT molecular complexity index is 902. The zero-order valence-electron chi connectivity index (χ0n) is 14.5. The van der Waals surface area contributed by atoms with Gasteiger partial charge < -0.3 is 10.2 Å². The second kappa shape index (κ2) is 6.80. The standard InChI is InChI=1S/C17H21ClN4O2S/c1-11-9-16(20-15-6-4-5-14(18)12(15)2)21-17(19-11)22(3)13-7-8-25(23,24)10-13/h4-6,9,13H,7-8,10H2,1-3H3,(H,19,20,21). The van der Waals surface area contributed by atoms with Gasteiger partial charge in [0.05, 0.1) is 11.5 Å². The Morgan fingerprint density at radius 2 is 2.04 bits per heavy atom.